The molecule has 2 aromatic rings. The van der Waals surface area contributed by atoms with Gasteiger partial charge in [0.25, 0.3) is 0 Å². The highest BCUT2D eigenvalue weighted by atomic mass is 16.5. The Kier molecular flexibility index (Phi) is 4.81. The minimum atomic E-state index is 0.690. The van der Waals surface area contributed by atoms with Crippen molar-refractivity contribution in [1.29, 1.82) is 0 Å². The molecule has 0 N–H and O–H groups in total. The SMILES string of the molecule is COc1ccc(C#Cc2ccccc2C2CCCCC2)cc1. The first-order valence-electron chi connectivity index (χ1n) is 8.12. The van der Waals surface area contributed by atoms with Crippen molar-refractivity contribution in [1.82, 2.24) is 0 Å². The average molecular weight is 290 g/mol. The summed E-state index contributed by atoms with van der Waals surface area (Å²) in [6.07, 6.45) is 6.70. The van der Waals surface area contributed by atoms with Gasteiger partial charge in [0, 0.05) is 11.1 Å². The van der Waals surface area contributed by atoms with Crippen LogP contribution in [-0.2, 0) is 0 Å². The van der Waals surface area contributed by atoms with E-state index < -0.39 is 0 Å². The predicted octanol–water partition coefficient (Wildman–Crippen LogP) is 5.14. The van der Waals surface area contributed by atoms with Crippen LogP contribution in [-0.4, -0.2) is 7.11 Å². The van der Waals surface area contributed by atoms with Crippen molar-refractivity contribution in [3.8, 4) is 17.6 Å². The lowest BCUT2D eigenvalue weighted by molar-refractivity contribution is 0.415. The topological polar surface area (TPSA) is 9.23 Å². The van der Waals surface area contributed by atoms with Crippen molar-refractivity contribution in [2.24, 2.45) is 0 Å². The van der Waals surface area contributed by atoms with Crippen LogP contribution >= 0.6 is 0 Å². The van der Waals surface area contributed by atoms with E-state index in [1.807, 2.05) is 24.3 Å². The van der Waals surface area contributed by atoms with Crippen molar-refractivity contribution in [2.75, 3.05) is 7.11 Å². The first-order chi connectivity index (χ1) is 10.9. The van der Waals surface area contributed by atoms with Gasteiger partial charge in [0.2, 0.25) is 0 Å². The highest BCUT2D eigenvalue weighted by Gasteiger charge is 2.17. The fraction of sp³-hybridized carbons (Fsp3) is 0.333. The number of hydrogen-bond acceptors (Lipinski definition) is 1. The maximum atomic E-state index is 5.18. The van der Waals surface area contributed by atoms with Crippen LogP contribution in [0.25, 0.3) is 0 Å². The summed E-state index contributed by atoms with van der Waals surface area (Å²) in [7, 11) is 1.68. The molecule has 22 heavy (non-hydrogen) atoms. The number of rotatable bonds is 2. The Morgan fingerprint density at radius 2 is 1.59 bits per heavy atom. The lowest BCUT2D eigenvalue weighted by atomic mass is 9.82. The number of hydrogen-bond donors (Lipinski definition) is 0. The van der Waals surface area contributed by atoms with Gasteiger partial charge >= 0.3 is 0 Å². The third kappa shape index (κ3) is 3.52. The molecule has 0 radical (unpaired) electrons. The van der Waals surface area contributed by atoms with Gasteiger partial charge in [0.15, 0.2) is 0 Å². The molecule has 0 spiro atoms. The Bertz CT molecular complexity index is 667. The molecule has 0 atom stereocenters. The van der Waals surface area contributed by atoms with Gasteiger partial charge in [0.05, 0.1) is 7.11 Å². The predicted molar refractivity (Wildman–Crippen MR) is 91.2 cm³/mol. The first kappa shape index (κ1) is 14.7. The number of methoxy groups -OCH3 is 1. The van der Waals surface area contributed by atoms with Crippen LogP contribution in [0.3, 0.4) is 0 Å². The van der Waals surface area contributed by atoms with Crippen LogP contribution in [0.4, 0.5) is 0 Å². The van der Waals surface area contributed by atoms with E-state index in [1.165, 1.54) is 43.2 Å². The van der Waals surface area contributed by atoms with Gasteiger partial charge in [-0.2, -0.15) is 0 Å². The molecule has 2 aromatic carbocycles. The van der Waals surface area contributed by atoms with E-state index in [2.05, 4.69) is 36.1 Å². The standard InChI is InChI=1S/C21H22O/c1-22-20-15-12-17(13-16-20)11-14-19-9-5-6-10-21(19)18-7-3-2-4-8-18/h5-6,9-10,12-13,15-16,18H,2-4,7-8H2,1H3. The van der Waals surface area contributed by atoms with E-state index in [0.717, 1.165) is 11.3 Å². The summed E-state index contributed by atoms with van der Waals surface area (Å²) in [6, 6.07) is 16.6. The largest absolute Gasteiger partial charge is 0.497 e. The Morgan fingerprint density at radius 3 is 2.32 bits per heavy atom. The van der Waals surface area contributed by atoms with Crippen LogP contribution in [0.1, 0.15) is 54.7 Å². The zero-order valence-electron chi connectivity index (χ0n) is 13.1. The molecule has 1 heteroatoms. The molecule has 1 aliphatic rings. The zero-order valence-corrected chi connectivity index (χ0v) is 13.1. The van der Waals surface area contributed by atoms with Crippen molar-refractivity contribution in [3.05, 3.63) is 65.2 Å². The van der Waals surface area contributed by atoms with Crippen molar-refractivity contribution in [2.45, 2.75) is 38.0 Å². The molecule has 0 amide bonds. The Labute approximate surface area is 133 Å². The van der Waals surface area contributed by atoms with Crippen molar-refractivity contribution in [3.63, 3.8) is 0 Å². The quantitative estimate of drug-likeness (QED) is 0.696. The summed E-state index contributed by atoms with van der Waals surface area (Å²) in [5.41, 5.74) is 3.65. The molecule has 1 saturated carbocycles. The van der Waals surface area contributed by atoms with E-state index in [4.69, 9.17) is 4.74 Å². The summed E-state index contributed by atoms with van der Waals surface area (Å²) < 4.78 is 5.18. The van der Waals surface area contributed by atoms with Gasteiger partial charge in [-0.25, -0.2) is 0 Å². The summed E-state index contributed by atoms with van der Waals surface area (Å²) in [6.45, 7) is 0. The lowest BCUT2D eigenvalue weighted by Crippen LogP contribution is -2.06. The van der Waals surface area contributed by atoms with Gasteiger partial charge in [-0.15, -0.1) is 0 Å². The van der Waals surface area contributed by atoms with E-state index in [0.29, 0.717) is 5.92 Å². The molecule has 0 heterocycles. The van der Waals surface area contributed by atoms with Crippen LogP contribution in [0.2, 0.25) is 0 Å². The van der Waals surface area contributed by atoms with Crippen LogP contribution in [0.15, 0.2) is 48.5 Å². The second-order valence-electron chi connectivity index (χ2n) is 5.90. The monoisotopic (exact) mass is 290 g/mol. The summed E-state index contributed by atoms with van der Waals surface area (Å²) in [5, 5.41) is 0. The van der Waals surface area contributed by atoms with Gasteiger partial charge < -0.3 is 4.74 Å². The molecule has 0 saturated heterocycles. The molecule has 3 rings (SSSR count). The third-order valence-corrected chi connectivity index (χ3v) is 4.44. The number of benzene rings is 2. The van der Waals surface area contributed by atoms with E-state index in [9.17, 15) is 0 Å². The molecule has 1 fully saturated rings. The fourth-order valence-corrected chi connectivity index (χ4v) is 3.19. The van der Waals surface area contributed by atoms with Gasteiger partial charge in [0.1, 0.15) is 5.75 Å². The molecule has 0 aromatic heterocycles. The molecule has 1 nitrogen and oxygen atoms in total. The van der Waals surface area contributed by atoms with Gasteiger partial charge in [-0.05, 0) is 54.7 Å². The van der Waals surface area contributed by atoms with Gasteiger partial charge in [-0.3, -0.25) is 0 Å². The highest BCUT2D eigenvalue weighted by Crippen LogP contribution is 2.34. The fourth-order valence-electron chi connectivity index (χ4n) is 3.19. The van der Waals surface area contributed by atoms with Gasteiger partial charge in [-0.1, -0.05) is 49.3 Å². The maximum absolute atomic E-state index is 5.18. The Balaban J connectivity index is 1.84. The zero-order chi connectivity index (χ0) is 15.2. The summed E-state index contributed by atoms with van der Waals surface area (Å²) >= 11 is 0. The Hall–Kier alpha value is -2.20. The van der Waals surface area contributed by atoms with E-state index >= 15 is 0 Å². The number of ether oxygens (including phenoxy) is 1. The molecular formula is C21H22O. The first-order valence-corrected chi connectivity index (χ1v) is 8.12. The van der Waals surface area contributed by atoms with E-state index in [1.54, 1.807) is 7.11 Å². The minimum Gasteiger partial charge on any atom is -0.497 e. The van der Waals surface area contributed by atoms with Crippen LogP contribution < -0.4 is 4.74 Å². The van der Waals surface area contributed by atoms with Crippen molar-refractivity contribution >= 4 is 0 Å². The average Bonchev–Trinajstić information content (AvgIpc) is 2.61. The molecule has 0 aliphatic heterocycles. The molecule has 112 valence electrons. The second-order valence-corrected chi connectivity index (χ2v) is 5.90. The highest BCUT2D eigenvalue weighted by molar-refractivity contribution is 5.48. The summed E-state index contributed by atoms with van der Waals surface area (Å²) in [4.78, 5) is 0. The molecular weight excluding hydrogens is 268 g/mol. The Morgan fingerprint density at radius 1 is 0.864 bits per heavy atom. The lowest BCUT2D eigenvalue weighted by Gasteiger charge is -2.23. The smallest absolute Gasteiger partial charge is 0.118 e. The van der Waals surface area contributed by atoms with Crippen LogP contribution in [0.5, 0.6) is 5.75 Å². The molecule has 0 bridgehead atoms. The normalized spacial score (nSPS) is 15.0. The third-order valence-electron chi connectivity index (χ3n) is 4.44. The molecule has 0 unspecified atom stereocenters. The molecule has 1 aliphatic carbocycles. The second kappa shape index (κ2) is 7.18. The van der Waals surface area contributed by atoms with Crippen LogP contribution in [0, 0.1) is 11.8 Å². The minimum absolute atomic E-state index is 0.690. The maximum Gasteiger partial charge on any atom is 0.118 e. The van der Waals surface area contributed by atoms with Crippen molar-refractivity contribution < 1.29 is 4.74 Å². The van der Waals surface area contributed by atoms with E-state index in [-0.39, 0.29) is 0 Å². The summed E-state index contributed by atoms with van der Waals surface area (Å²) in [5.74, 6) is 8.22.